The number of hydrogen-bond acceptors (Lipinski definition) is 34. The summed E-state index contributed by atoms with van der Waals surface area (Å²) in [5.74, 6) is -3.87. The van der Waals surface area contributed by atoms with Crippen LogP contribution in [0.4, 0.5) is 0 Å². The van der Waals surface area contributed by atoms with E-state index < -0.39 is 35.8 Å². The second-order valence-corrected chi connectivity index (χ2v) is 30.2. The van der Waals surface area contributed by atoms with Crippen LogP contribution in [0.1, 0.15) is 106 Å². The third kappa shape index (κ3) is 55.1. The Labute approximate surface area is 643 Å². The van der Waals surface area contributed by atoms with Gasteiger partial charge >= 0.3 is 71.6 Å². The lowest BCUT2D eigenvalue weighted by atomic mass is 10.2. The van der Waals surface area contributed by atoms with Crippen LogP contribution in [0.3, 0.4) is 0 Å². The van der Waals surface area contributed by atoms with Crippen molar-refractivity contribution in [2.45, 2.75) is 106 Å². The van der Waals surface area contributed by atoms with Gasteiger partial charge in [0.15, 0.2) is 0 Å². The zero-order chi connectivity index (χ0) is 77.7. The Morgan fingerprint density at radius 2 is 0.346 bits per heavy atom. The average molecular weight is 1600 g/mol. The van der Waals surface area contributed by atoms with Gasteiger partial charge in [0.25, 0.3) is 0 Å². The topological polar surface area (TPSA) is 329 Å². The van der Waals surface area contributed by atoms with Crippen molar-refractivity contribution in [3.05, 3.63) is 0 Å². The van der Waals surface area contributed by atoms with Crippen LogP contribution in [-0.4, -0.2) is 321 Å². The van der Waals surface area contributed by atoms with Crippen LogP contribution in [0, 0.1) is 35.5 Å². The van der Waals surface area contributed by atoms with E-state index in [1.54, 1.807) is 41.5 Å². The molecule has 0 aromatic rings. The number of rotatable bonds is 67. The Kier molecular flexibility index (Phi) is 62.9. The minimum Gasteiger partial charge on any atom is -0.462 e. The highest BCUT2D eigenvalue weighted by molar-refractivity contribution is 7.99. The van der Waals surface area contributed by atoms with Gasteiger partial charge in [-0.2, -0.15) is 70.6 Å². The van der Waals surface area contributed by atoms with Gasteiger partial charge in [0.1, 0.15) is 79.3 Å². The van der Waals surface area contributed by atoms with E-state index in [9.17, 15) is 57.5 Å². The first-order chi connectivity index (χ1) is 49.8. The minimum absolute atomic E-state index is 0.00647. The Morgan fingerprint density at radius 3 is 0.500 bits per heavy atom. The summed E-state index contributed by atoms with van der Waals surface area (Å²) in [5, 5.41) is 0. The van der Waals surface area contributed by atoms with Crippen molar-refractivity contribution in [2.75, 3.05) is 230 Å². The van der Waals surface area contributed by atoms with Gasteiger partial charge in [-0.15, -0.1) is 0 Å². The fraction of sp³-hybridized carbons (Fsp3) is 0.829. The summed E-state index contributed by atoms with van der Waals surface area (Å²) in [7, 11) is 0. The quantitative estimate of drug-likeness (QED) is 0.0351. The Hall–Kier alpha value is -4.42. The predicted octanol–water partition coefficient (Wildman–Crippen LogP) is 6.61. The van der Waals surface area contributed by atoms with Gasteiger partial charge in [0, 0.05) is 73.8 Å². The molecule has 0 rings (SSSR count). The molecule has 6 atom stereocenters. The third-order valence-electron chi connectivity index (χ3n) is 15.3. The Morgan fingerprint density at radius 1 is 0.212 bits per heavy atom. The van der Waals surface area contributed by atoms with Crippen LogP contribution in [-0.2, 0) is 114 Å². The lowest BCUT2D eigenvalue weighted by Gasteiger charge is -2.27. The highest BCUT2D eigenvalue weighted by Gasteiger charge is 2.23. The highest BCUT2D eigenvalue weighted by Crippen LogP contribution is 2.14. The zero-order valence-electron chi connectivity index (χ0n) is 63.8. The first-order valence-electron chi connectivity index (χ1n) is 35.6. The molecule has 28 nitrogen and oxygen atoms in total. The van der Waals surface area contributed by atoms with Gasteiger partial charge < -0.3 is 76.4 Å². The second-order valence-electron chi connectivity index (χ2n) is 24.7. The number of nitrogens with zero attached hydrogens (tertiary/aromatic N) is 4. The lowest BCUT2D eigenvalue weighted by molar-refractivity contribution is -0.154. The maximum absolute atomic E-state index is 13.2. The molecule has 104 heavy (non-hydrogen) atoms. The van der Waals surface area contributed by atoms with Crippen molar-refractivity contribution >= 4 is 142 Å². The number of thioether (sulfide) groups is 6. The number of unbranched alkanes of at least 4 members (excludes halogenated alkanes) is 1. The van der Waals surface area contributed by atoms with E-state index in [2.05, 4.69) is 9.80 Å². The molecule has 0 aliphatic carbocycles. The van der Waals surface area contributed by atoms with Crippen molar-refractivity contribution in [1.82, 2.24) is 19.6 Å². The molecule has 0 spiro atoms. The van der Waals surface area contributed by atoms with E-state index >= 15 is 0 Å². The van der Waals surface area contributed by atoms with Gasteiger partial charge in [0.05, 0.1) is 74.0 Å². The molecular formula is C70H122N4O24S6. The Bertz CT molecular complexity index is 2170. The maximum Gasteiger partial charge on any atom is 0.309 e. The number of carbonyl (C=O) groups excluding carboxylic acids is 12. The molecule has 0 aliphatic rings. The number of carbonyl (C=O) groups is 12. The first kappa shape index (κ1) is 99.6. The molecule has 0 amide bonds. The van der Waals surface area contributed by atoms with Crippen LogP contribution in [0.2, 0.25) is 0 Å². The molecule has 0 N–H and O–H groups in total. The largest absolute Gasteiger partial charge is 0.462 e. The number of hydrogen-bond donors (Lipinski definition) is 0. The van der Waals surface area contributed by atoms with Gasteiger partial charge in [-0.3, -0.25) is 57.5 Å². The molecule has 0 heterocycles. The summed E-state index contributed by atoms with van der Waals surface area (Å²) >= 11 is 9.09. The first-order valence-corrected chi connectivity index (χ1v) is 44.0. The smallest absolute Gasteiger partial charge is 0.309 e. The molecule has 0 bridgehead atoms. The molecular weight excluding hydrogens is 1470 g/mol. The molecule has 0 aliphatic heterocycles. The van der Waals surface area contributed by atoms with Crippen molar-refractivity contribution < 1.29 is 114 Å². The normalized spacial score (nSPS) is 13.0. The SMILES string of the molecule is CSCC(C)C(=O)OCCOC(=O)CCN(CCCCN(CCCN(CCC(=O)OCCOC(=O)C(C)CSC)CCC(=O)OCCOC(=O)C(C)CSC)CCC(=O)OCCOC(=O)C(C)CSC)CCCN(CCC(=O)OCCOC(=O)C(C)CSC)CCC(=O)OCCOC(=O)C(C)CSC. The van der Waals surface area contributed by atoms with Crippen LogP contribution in [0.15, 0.2) is 0 Å². The summed E-state index contributed by atoms with van der Waals surface area (Å²) in [6.07, 6.45) is 13.5. The Balaban J connectivity index is 6.66. The molecule has 0 saturated carbocycles. The zero-order valence-corrected chi connectivity index (χ0v) is 68.7. The lowest BCUT2D eigenvalue weighted by Crippen LogP contribution is -2.36. The third-order valence-corrected chi connectivity index (χ3v) is 20.3. The monoisotopic (exact) mass is 1590 g/mol. The predicted molar refractivity (Wildman–Crippen MR) is 409 cm³/mol. The van der Waals surface area contributed by atoms with Crippen molar-refractivity contribution in [3.63, 3.8) is 0 Å². The van der Waals surface area contributed by atoms with Crippen molar-refractivity contribution in [2.24, 2.45) is 35.5 Å². The van der Waals surface area contributed by atoms with Crippen LogP contribution >= 0.6 is 70.6 Å². The molecule has 34 heteroatoms. The molecule has 6 unspecified atom stereocenters. The summed E-state index contributed by atoms with van der Waals surface area (Å²) in [6, 6.07) is 0. The minimum atomic E-state index is -0.532. The van der Waals surface area contributed by atoms with Crippen LogP contribution in [0.25, 0.3) is 0 Å². The highest BCUT2D eigenvalue weighted by atomic mass is 32.2. The van der Waals surface area contributed by atoms with Gasteiger partial charge in [0.2, 0.25) is 0 Å². The van der Waals surface area contributed by atoms with Gasteiger partial charge in [-0.25, -0.2) is 0 Å². The second kappa shape index (κ2) is 65.6. The molecule has 0 aromatic carbocycles. The summed E-state index contributed by atoms with van der Waals surface area (Å²) in [6.45, 7) is 13.4. The van der Waals surface area contributed by atoms with Crippen molar-refractivity contribution in [3.8, 4) is 0 Å². The van der Waals surface area contributed by atoms with E-state index in [0.717, 1.165) is 0 Å². The van der Waals surface area contributed by atoms with Gasteiger partial charge in [-0.05, 0) is 102 Å². The summed E-state index contributed by atoms with van der Waals surface area (Å²) in [4.78, 5) is 161. The number of esters is 12. The molecule has 0 aromatic heterocycles. The molecule has 0 radical (unpaired) electrons. The van der Waals surface area contributed by atoms with E-state index in [-0.39, 0.29) is 228 Å². The van der Waals surface area contributed by atoms with E-state index in [1.165, 1.54) is 70.6 Å². The fourth-order valence-corrected chi connectivity index (χ4v) is 13.3. The number of ether oxygens (including phenoxy) is 12. The standard InChI is InChI=1S/C70H122N4O24S6/c1-53(47-99-7)65(81)93-41-35-87-59(75)17-29-71(25-15-27-73(31-19-61(77)89-37-43-95-67(83)55(3)49-101-9)32-20-62(78)90-38-44-96-68(84)56(4)50-102-10)23-13-14-24-72(30-18-60(76)88-36-42-94-66(82)54(2)48-100-8)26-16-28-74(33-21-63(79)91-39-45-97-69(85)57(5)51-103-11)34-22-64(80)92-40-46-98-70(86)58(6)52-104-12/h53-58H,13-52H2,1-12H3. The van der Waals surface area contributed by atoms with Crippen molar-refractivity contribution in [1.29, 1.82) is 0 Å². The molecule has 0 saturated heterocycles. The van der Waals surface area contributed by atoms with E-state index in [1.807, 2.05) is 47.3 Å². The average Bonchev–Trinajstić information content (AvgIpc) is 1.24. The molecule has 602 valence electrons. The summed E-state index contributed by atoms with van der Waals surface area (Å²) in [5.41, 5.74) is 0. The van der Waals surface area contributed by atoms with Crippen LogP contribution in [0.5, 0.6) is 0 Å². The summed E-state index contributed by atoms with van der Waals surface area (Å²) < 4.78 is 64.3. The van der Waals surface area contributed by atoms with E-state index in [4.69, 9.17) is 56.8 Å². The van der Waals surface area contributed by atoms with E-state index in [0.29, 0.717) is 99.5 Å². The van der Waals surface area contributed by atoms with Gasteiger partial charge in [-0.1, -0.05) is 41.5 Å². The van der Waals surface area contributed by atoms with Crippen LogP contribution < -0.4 is 0 Å². The fourth-order valence-electron chi connectivity index (χ4n) is 9.53. The maximum atomic E-state index is 13.2. The molecule has 0 fully saturated rings.